The normalized spacial score (nSPS) is 13.4. The minimum atomic E-state index is 0.756. The number of halogens is 1. The number of imidazole rings is 1. The Balaban J connectivity index is 2.50. The van der Waals surface area contributed by atoms with Crippen LogP contribution in [0.2, 0.25) is 0 Å². The van der Waals surface area contributed by atoms with Crippen molar-refractivity contribution in [2.45, 2.75) is 26.7 Å². The van der Waals surface area contributed by atoms with Gasteiger partial charge in [-0.25, -0.2) is 4.98 Å². The molecule has 0 amide bonds. The first-order valence-electron chi connectivity index (χ1n) is 3.91. The fourth-order valence-electron chi connectivity index (χ4n) is 0.955. The second-order valence-electron chi connectivity index (χ2n) is 2.92. The van der Waals surface area contributed by atoms with E-state index in [0.29, 0.717) is 0 Å². The molecule has 2 nitrogen and oxygen atoms in total. The summed E-state index contributed by atoms with van der Waals surface area (Å²) in [7, 11) is 0. The third kappa shape index (κ3) is 2.81. The van der Waals surface area contributed by atoms with Crippen LogP contribution in [0.4, 0.5) is 0 Å². The second kappa shape index (κ2) is 4.09. The molecule has 0 aliphatic carbocycles. The van der Waals surface area contributed by atoms with Gasteiger partial charge in [-0.15, -0.1) is 0 Å². The highest BCUT2D eigenvalue weighted by molar-refractivity contribution is 14.1. The van der Waals surface area contributed by atoms with Crippen LogP contribution >= 0.6 is 22.6 Å². The first kappa shape index (κ1) is 9.03. The van der Waals surface area contributed by atoms with Crippen molar-refractivity contribution in [3.8, 4) is 0 Å². The van der Waals surface area contributed by atoms with Crippen LogP contribution in [0.5, 0.6) is 0 Å². The molecule has 0 fully saturated rings. The van der Waals surface area contributed by atoms with Crippen molar-refractivity contribution in [1.29, 1.82) is 0 Å². The Labute approximate surface area is 80.9 Å². The SMILES string of the molecule is CCC(C)Cc1cnc(I)[nH]1. The number of hydrogen-bond acceptors (Lipinski definition) is 1. The molecule has 0 spiro atoms. The summed E-state index contributed by atoms with van der Waals surface area (Å²) in [4.78, 5) is 7.35. The lowest BCUT2D eigenvalue weighted by molar-refractivity contribution is 0.553. The molecular weight excluding hydrogens is 251 g/mol. The van der Waals surface area contributed by atoms with Crippen LogP contribution in [0.15, 0.2) is 6.20 Å². The molecule has 1 N–H and O–H groups in total. The highest BCUT2D eigenvalue weighted by Gasteiger charge is 2.02. The number of aromatic amines is 1. The smallest absolute Gasteiger partial charge is 0.168 e. The van der Waals surface area contributed by atoms with Crippen molar-refractivity contribution in [2.75, 3.05) is 0 Å². The van der Waals surface area contributed by atoms with Gasteiger partial charge in [0.25, 0.3) is 0 Å². The first-order valence-corrected chi connectivity index (χ1v) is 4.99. The molecule has 0 aliphatic rings. The fourth-order valence-corrected chi connectivity index (χ4v) is 1.44. The summed E-state index contributed by atoms with van der Waals surface area (Å²) in [5, 5.41) is 0. The number of H-pyrrole nitrogens is 1. The van der Waals surface area contributed by atoms with Crippen molar-refractivity contribution < 1.29 is 0 Å². The van der Waals surface area contributed by atoms with Crippen LogP contribution in [-0.4, -0.2) is 9.97 Å². The van der Waals surface area contributed by atoms with Gasteiger partial charge < -0.3 is 4.98 Å². The molecule has 0 aliphatic heterocycles. The summed E-state index contributed by atoms with van der Waals surface area (Å²) in [6, 6.07) is 0. The predicted octanol–water partition coefficient (Wildman–Crippen LogP) is 2.60. The van der Waals surface area contributed by atoms with Gasteiger partial charge in [0.1, 0.15) is 0 Å². The zero-order valence-corrected chi connectivity index (χ0v) is 9.05. The van der Waals surface area contributed by atoms with E-state index in [1.807, 2.05) is 6.20 Å². The van der Waals surface area contributed by atoms with E-state index in [-0.39, 0.29) is 0 Å². The summed E-state index contributed by atoms with van der Waals surface area (Å²) in [5.41, 5.74) is 1.25. The zero-order valence-electron chi connectivity index (χ0n) is 6.89. The van der Waals surface area contributed by atoms with Crippen LogP contribution in [0.25, 0.3) is 0 Å². The van der Waals surface area contributed by atoms with E-state index in [1.165, 1.54) is 12.1 Å². The van der Waals surface area contributed by atoms with E-state index in [2.05, 4.69) is 46.4 Å². The average Bonchev–Trinajstić information content (AvgIpc) is 2.35. The monoisotopic (exact) mass is 264 g/mol. The van der Waals surface area contributed by atoms with Crippen molar-refractivity contribution in [2.24, 2.45) is 5.92 Å². The van der Waals surface area contributed by atoms with Crippen LogP contribution < -0.4 is 0 Å². The van der Waals surface area contributed by atoms with Crippen molar-refractivity contribution in [3.63, 3.8) is 0 Å². The largest absolute Gasteiger partial charge is 0.337 e. The summed E-state index contributed by atoms with van der Waals surface area (Å²) < 4.78 is 0.987. The molecular formula is C8H13IN2. The maximum absolute atomic E-state index is 4.14. The van der Waals surface area contributed by atoms with Crippen molar-refractivity contribution in [1.82, 2.24) is 9.97 Å². The zero-order chi connectivity index (χ0) is 8.27. The van der Waals surface area contributed by atoms with E-state index >= 15 is 0 Å². The molecule has 11 heavy (non-hydrogen) atoms. The third-order valence-corrected chi connectivity index (χ3v) is 2.41. The topological polar surface area (TPSA) is 28.7 Å². The summed E-state index contributed by atoms with van der Waals surface area (Å²) in [6.45, 7) is 4.47. The maximum Gasteiger partial charge on any atom is 0.168 e. The van der Waals surface area contributed by atoms with Gasteiger partial charge in [-0.2, -0.15) is 0 Å². The Morgan fingerprint density at radius 2 is 2.45 bits per heavy atom. The number of nitrogens with zero attached hydrogens (tertiary/aromatic N) is 1. The molecule has 3 heteroatoms. The van der Waals surface area contributed by atoms with Gasteiger partial charge in [-0.05, 0) is 34.9 Å². The highest BCUT2D eigenvalue weighted by Crippen LogP contribution is 2.09. The van der Waals surface area contributed by atoms with E-state index in [0.717, 1.165) is 16.2 Å². The van der Waals surface area contributed by atoms with Crippen molar-refractivity contribution >= 4 is 22.6 Å². The summed E-state index contributed by atoms with van der Waals surface area (Å²) >= 11 is 2.19. The molecule has 0 saturated heterocycles. The molecule has 1 aromatic heterocycles. The Hall–Kier alpha value is -0.0600. The molecule has 0 aromatic carbocycles. The number of hydrogen-bond donors (Lipinski definition) is 1. The molecule has 1 unspecified atom stereocenters. The Morgan fingerprint density at radius 3 is 2.91 bits per heavy atom. The predicted molar refractivity (Wildman–Crippen MR) is 54.5 cm³/mol. The van der Waals surface area contributed by atoms with Crippen LogP contribution in [0.1, 0.15) is 26.0 Å². The minimum Gasteiger partial charge on any atom is -0.337 e. The van der Waals surface area contributed by atoms with Gasteiger partial charge in [0, 0.05) is 11.9 Å². The molecule has 1 aromatic rings. The molecule has 62 valence electrons. The minimum absolute atomic E-state index is 0.756. The first-order chi connectivity index (χ1) is 5.22. The van der Waals surface area contributed by atoms with E-state index < -0.39 is 0 Å². The Kier molecular flexibility index (Phi) is 3.36. The van der Waals surface area contributed by atoms with Crippen LogP contribution in [-0.2, 0) is 6.42 Å². The molecule has 0 saturated carbocycles. The highest BCUT2D eigenvalue weighted by atomic mass is 127. The van der Waals surface area contributed by atoms with Gasteiger partial charge in [0.05, 0.1) is 0 Å². The third-order valence-electron chi connectivity index (χ3n) is 1.86. The van der Waals surface area contributed by atoms with Gasteiger partial charge in [0.15, 0.2) is 3.83 Å². The average molecular weight is 264 g/mol. The molecule has 1 rings (SSSR count). The van der Waals surface area contributed by atoms with Gasteiger partial charge >= 0.3 is 0 Å². The van der Waals surface area contributed by atoms with E-state index in [4.69, 9.17) is 0 Å². The number of nitrogens with one attached hydrogen (secondary N) is 1. The Morgan fingerprint density at radius 1 is 1.73 bits per heavy atom. The number of rotatable bonds is 3. The van der Waals surface area contributed by atoms with Crippen molar-refractivity contribution in [3.05, 3.63) is 15.7 Å². The van der Waals surface area contributed by atoms with Gasteiger partial charge in [-0.3, -0.25) is 0 Å². The molecule has 1 atom stereocenters. The Bertz CT molecular complexity index is 220. The lowest BCUT2D eigenvalue weighted by Gasteiger charge is -2.04. The van der Waals surface area contributed by atoms with Crippen LogP contribution in [0, 0.1) is 9.75 Å². The molecule has 0 bridgehead atoms. The molecule has 1 heterocycles. The number of aromatic nitrogens is 2. The fraction of sp³-hybridized carbons (Fsp3) is 0.625. The van der Waals surface area contributed by atoms with E-state index in [1.54, 1.807) is 0 Å². The molecule has 0 radical (unpaired) electrons. The second-order valence-corrected chi connectivity index (χ2v) is 3.94. The standard InChI is InChI=1S/C8H13IN2/c1-3-6(2)4-7-5-10-8(9)11-7/h5-6H,3-4H2,1-2H3,(H,10,11). The summed E-state index contributed by atoms with van der Waals surface area (Å²) in [5.74, 6) is 0.756. The van der Waals surface area contributed by atoms with E-state index in [9.17, 15) is 0 Å². The summed E-state index contributed by atoms with van der Waals surface area (Å²) in [6.07, 6.45) is 4.27. The quantitative estimate of drug-likeness (QED) is 0.835. The van der Waals surface area contributed by atoms with Gasteiger partial charge in [0.2, 0.25) is 0 Å². The lowest BCUT2D eigenvalue weighted by atomic mass is 10.0. The van der Waals surface area contributed by atoms with Crippen LogP contribution in [0.3, 0.4) is 0 Å². The van der Waals surface area contributed by atoms with Gasteiger partial charge in [-0.1, -0.05) is 20.3 Å². The maximum atomic E-state index is 4.14. The lowest BCUT2D eigenvalue weighted by Crippen LogP contribution is -1.97.